The number of aromatic nitrogens is 1. The maximum absolute atomic E-state index is 12.2. The molecule has 0 bridgehead atoms. The van der Waals surface area contributed by atoms with E-state index < -0.39 is 11.6 Å². The maximum atomic E-state index is 12.2. The van der Waals surface area contributed by atoms with Gasteiger partial charge < -0.3 is 15.7 Å². The first-order valence-corrected chi connectivity index (χ1v) is 7.91. The fourth-order valence-electron chi connectivity index (χ4n) is 2.76. The number of hydrogen-bond acceptors (Lipinski definition) is 3. The molecule has 0 atom stereocenters. The standard InChI is InChI=1S/C17H16ClN3O3/c18-12-4-1-3-11(9-12)15(22)20-13-5-6-14(19-10-13)17(7-2-8-17)21-16(23)24/h1,3-6,9-10,21H,2,7-8H2,(H,20,22)(H,23,24). The van der Waals surface area contributed by atoms with Crippen molar-refractivity contribution in [1.82, 2.24) is 10.3 Å². The fourth-order valence-corrected chi connectivity index (χ4v) is 2.95. The van der Waals surface area contributed by atoms with E-state index in [0.29, 0.717) is 22.0 Å². The quantitative estimate of drug-likeness (QED) is 0.789. The van der Waals surface area contributed by atoms with Gasteiger partial charge in [-0.25, -0.2) is 4.79 Å². The highest BCUT2D eigenvalue weighted by atomic mass is 35.5. The third-order valence-electron chi connectivity index (χ3n) is 4.15. The van der Waals surface area contributed by atoms with E-state index in [1.807, 2.05) is 0 Å². The smallest absolute Gasteiger partial charge is 0.405 e. The largest absolute Gasteiger partial charge is 0.465 e. The van der Waals surface area contributed by atoms with E-state index in [9.17, 15) is 9.59 Å². The van der Waals surface area contributed by atoms with E-state index in [1.54, 1.807) is 36.4 Å². The number of benzene rings is 1. The van der Waals surface area contributed by atoms with Crippen LogP contribution in [0, 0.1) is 0 Å². The second-order valence-electron chi connectivity index (χ2n) is 5.76. The van der Waals surface area contributed by atoms with Gasteiger partial charge in [0.1, 0.15) is 0 Å². The summed E-state index contributed by atoms with van der Waals surface area (Å²) in [7, 11) is 0. The zero-order chi connectivity index (χ0) is 17.2. The molecule has 1 aliphatic carbocycles. The molecule has 7 heteroatoms. The molecule has 1 saturated carbocycles. The van der Waals surface area contributed by atoms with Gasteiger partial charge in [-0.15, -0.1) is 0 Å². The molecule has 1 aromatic carbocycles. The average Bonchev–Trinajstić information content (AvgIpc) is 2.51. The molecular weight excluding hydrogens is 330 g/mol. The molecule has 2 amide bonds. The predicted molar refractivity (Wildman–Crippen MR) is 90.3 cm³/mol. The number of nitrogens with zero attached hydrogens (tertiary/aromatic N) is 1. The Labute approximate surface area is 143 Å². The normalized spacial score (nSPS) is 15.2. The molecule has 0 radical (unpaired) electrons. The minimum Gasteiger partial charge on any atom is -0.465 e. The van der Waals surface area contributed by atoms with Crippen molar-refractivity contribution in [3.8, 4) is 0 Å². The highest BCUT2D eigenvalue weighted by Crippen LogP contribution is 2.40. The summed E-state index contributed by atoms with van der Waals surface area (Å²) in [5.41, 5.74) is 1.04. The lowest BCUT2D eigenvalue weighted by atomic mass is 9.74. The summed E-state index contributed by atoms with van der Waals surface area (Å²) in [6.45, 7) is 0. The van der Waals surface area contributed by atoms with Crippen LogP contribution in [-0.2, 0) is 5.54 Å². The number of pyridine rings is 1. The molecule has 0 saturated heterocycles. The Kier molecular flexibility index (Phi) is 4.40. The number of amides is 2. The number of carbonyl (C=O) groups is 2. The van der Waals surface area contributed by atoms with Gasteiger partial charge in [0.2, 0.25) is 0 Å². The van der Waals surface area contributed by atoms with Crippen LogP contribution in [0.25, 0.3) is 0 Å². The summed E-state index contributed by atoms with van der Waals surface area (Å²) in [5.74, 6) is -0.283. The summed E-state index contributed by atoms with van der Waals surface area (Å²) < 4.78 is 0. The third kappa shape index (κ3) is 3.33. The topological polar surface area (TPSA) is 91.3 Å². The predicted octanol–water partition coefficient (Wildman–Crippen LogP) is 3.63. The van der Waals surface area contributed by atoms with Crippen molar-refractivity contribution >= 4 is 29.3 Å². The lowest BCUT2D eigenvalue weighted by Gasteiger charge is -2.41. The molecule has 1 fully saturated rings. The molecule has 0 unspecified atom stereocenters. The minimum absolute atomic E-state index is 0.283. The van der Waals surface area contributed by atoms with Crippen LogP contribution < -0.4 is 10.6 Å². The van der Waals surface area contributed by atoms with Crippen molar-refractivity contribution in [2.75, 3.05) is 5.32 Å². The number of hydrogen-bond donors (Lipinski definition) is 3. The molecule has 0 spiro atoms. The second kappa shape index (κ2) is 6.49. The van der Waals surface area contributed by atoms with Gasteiger partial charge in [0, 0.05) is 10.6 Å². The summed E-state index contributed by atoms with van der Waals surface area (Å²) in [6, 6.07) is 10.1. The molecule has 0 aliphatic heterocycles. The van der Waals surface area contributed by atoms with Gasteiger partial charge >= 0.3 is 6.09 Å². The van der Waals surface area contributed by atoms with E-state index in [1.165, 1.54) is 6.20 Å². The molecule has 3 rings (SSSR count). The number of carbonyl (C=O) groups excluding carboxylic acids is 1. The Morgan fingerprint density at radius 1 is 1.21 bits per heavy atom. The minimum atomic E-state index is -1.06. The van der Waals surface area contributed by atoms with Gasteiger partial charge in [-0.05, 0) is 49.6 Å². The molecule has 24 heavy (non-hydrogen) atoms. The van der Waals surface area contributed by atoms with Crippen LogP contribution in [0.1, 0.15) is 35.3 Å². The maximum Gasteiger partial charge on any atom is 0.405 e. The summed E-state index contributed by atoms with van der Waals surface area (Å²) in [5, 5.41) is 14.8. The number of rotatable bonds is 4. The lowest BCUT2D eigenvalue weighted by molar-refractivity contribution is 0.102. The number of nitrogens with one attached hydrogen (secondary N) is 2. The Morgan fingerprint density at radius 2 is 2.00 bits per heavy atom. The second-order valence-corrected chi connectivity index (χ2v) is 6.20. The van der Waals surface area contributed by atoms with Crippen molar-refractivity contribution in [3.05, 3.63) is 58.9 Å². The van der Waals surface area contributed by atoms with Gasteiger partial charge in [-0.1, -0.05) is 17.7 Å². The van der Waals surface area contributed by atoms with E-state index in [4.69, 9.17) is 16.7 Å². The lowest BCUT2D eigenvalue weighted by Crippen LogP contribution is -2.50. The van der Waals surface area contributed by atoms with Gasteiger partial charge in [-0.2, -0.15) is 0 Å². The van der Waals surface area contributed by atoms with Crippen molar-refractivity contribution in [2.45, 2.75) is 24.8 Å². The van der Waals surface area contributed by atoms with Crippen LogP contribution in [-0.4, -0.2) is 22.1 Å². The molecule has 1 heterocycles. The van der Waals surface area contributed by atoms with E-state index in [0.717, 1.165) is 19.3 Å². The number of halogens is 1. The van der Waals surface area contributed by atoms with Crippen LogP contribution >= 0.6 is 11.6 Å². The molecule has 2 aromatic rings. The van der Waals surface area contributed by atoms with E-state index >= 15 is 0 Å². The highest BCUT2D eigenvalue weighted by Gasteiger charge is 2.41. The summed E-state index contributed by atoms with van der Waals surface area (Å²) in [4.78, 5) is 27.5. The van der Waals surface area contributed by atoms with Crippen molar-refractivity contribution in [2.24, 2.45) is 0 Å². The first-order valence-electron chi connectivity index (χ1n) is 7.53. The van der Waals surface area contributed by atoms with E-state index in [-0.39, 0.29) is 5.91 Å². The van der Waals surface area contributed by atoms with Crippen molar-refractivity contribution in [3.63, 3.8) is 0 Å². The highest BCUT2D eigenvalue weighted by molar-refractivity contribution is 6.31. The number of anilines is 1. The van der Waals surface area contributed by atoms with Gasteiger partial charge in [-0.3, -0.25) is 9.78 Å². The zero-order valence-corrected chi connectivity index (χ0v) is 13.5. The Bertz CT molecular complexity index is 773. The fraction of sp³-hybridized carbons (Fsp3) is 0.235. The molecule has 1 aromatic heterocycles. The van der Waals surface area contributed by atoms with Crippen LogP contribution in [0.15, 0.2) is 42.6 Å². The molecule has 1 aliphatic rings. The van der Waals surface area contributed by atoms with Gasteiger partial charge in [0.25, 0.3) is 5.91 Å². The van der Waals surface area contributed by atoms with Crippen LogP contribution in [0.2, 0.25) is 5.02 Å². The average molecular weight is 346 g/mol. The summed E-state index contributed by atoms with van der Waals surface area (Å²) >= 11 is 5.88. The first kappa shape index (κ1) is 16.3. The number of carboxylic acid groups (broad SMARTS) is 1. The molecule has 3 N–H and O–H groups in total. The molecule has 6 nitrogen and oxygen atoms in total. The Morgan fingerprint density at radius 3 is 2.54 bits per heavy atom. The van der Waals surface area contributed by atoms with E-state index in [2.05, 4.69) is 15.6 Å². The van der Waals surface area contributed by atoms with Crippen LogP contribution in [0.4, 0.5) is 10.5 Å². The molecule has 124 valence electrons. The van der Waals surface area contributed by atoms with Crippen LogP contribution in [0.3, 0.4) is 0 Å². The molecular formula is C17H16ClN3O3. The Balaban J connectivity index is 1.73. The van der Waals surface area contributed by atoms with Crippen molar-refractivity contribution in [1.29, 1.82) is 0 Å². The SMILES string of the molecule is O=C(O)NC1(c2ccc(NC(=O)c3cccc(Cl)c3)cn2)CCC1. The first-order chi connectivity index (χ1) is 11.5. The Hall–Kier alpha value is -2.60. The summed E-state index contributed by atoms with van der Waals surface area (Å²) in [6.07, 6.45) is 2.87. The van der Waals surface area contributed by atoms with Gasteiger partial charge in [0.05, 0.1) is 23.1 Å². The van der Waals surface area contributed by atoms with Crippen LogP contribution in [0.5, 0.6) is 0 Å². The zero-order valence-electron chi connectivity index (χ0n) is 12.8. The monoisotopic (exact) mass is 345 g/mol. The van der Waals surface area contributed by atoms with Crippen molar-refractivity contribution < 1.29 is 14.7 Å². The van der Waals surface area contributed by atoms with Gasteiger partial charge in [0.15, 0.2) is 0 Å². The third-order valence-corrected chi connectivity index (χ3v) is 4.39.